The number of benzene rings is 2. The number of imide groups is 1. The average Bonchev–Trinajstić information content (AvgIpc) is 2.60. The first-order valence-corrected chi connectivity index (χ1v) is 7.68. The quantitative estimate of drug-likeness (QED) is 0.796. The normalized spacial score (nSPS) is 10.0. The Hall–Kier alpha value is -3.42. The third-order valence-corrected chi connectivity index (χ3v) is 3.56. The van der Waals surface area contributed by atoms with Crippen molar-refractivity contribution in [3.05, 3.63) is 36.4 Å². The van der Waals surface area contributed by atoms with Crippen molar-refractivity contribution in [2.24, 2.45) is 0 Å². The number of urea groups is 1. The highest BCUT2D eigenvalue weighted by Crippen LogP contribution is 2.40. The standard InChI is InChI=1S/C18H21N3O5/c1-11(22)21(14-7-5-6-12(19)8-14)18(23)20-13-9-15(24-2)17(26-4)16(10-13)25-3/h5-10H,19H2,1-4H3,(H,20,23). The van der Waals surface area contributed by atoms with E-state index in [0.717, 1.165) is 4.90 Å². The summed E-state index contributed by atoms with van der Waals surface area (Å²) in [6.07, 6.45) is 0. The SMILES string of the molecule is COc1cc(NC(=O)N(C(C)=O)c2cccc(N)c2)cc(OC)c1OC. The Bertz CT molecular complexity index is 797. The summed E-state index contributed by atoms with van der Waals surface area (Å²) in [4.78, 5) is 25.6. The van der Waals surface area contributed by atoms with Crippen LogP contribution in [0, 0.1) is 0 Å². The largest absolute Gasteiger partial charge is 0.493 e. The maximum atomic E-state index is 12.7. The lowest BCUT2D eigenvalue weighted by Gasteiger charge is -2.21. The van der Waals surface area contributed by atoms with Crippen molar-refractivity contribution in [2.75, 3.05) is 37.3 Å². The van der Waals surface area contributed by atoms with Gasteiger partial charge in [0, 0.05) is 24.7 Å². The van der Waals surface area contributed by atoms with Crippen LogP contribution in [0.15, 0.2) is 36.4 Å². The second-order valence-corrected chi connectivity index (χ2v) is 5.29. The van der Waals surface area contributed by atoms with Crippen molar-refractivity contribution < 1.29 is 23.8 Å². The molecule has 0 spiro atoms. The zero-order valence-electron chi connectivity index (χ0n) is 15.0. The van der Waals surface area contributed by atoms with Crippen LogP contribution in [0.4, 0.5) is 21.9 Å². The van der Waals surface area contributed by atoms with Crippen LogP contribution >= 0.6 is 0 Å². The van der Waals surface area contributed by atoms with E-state index in [1.807, 2.05) is 0 Å². The summed E-state index contributed by atoms with van der Waals surface area (Å²) in [6, 6.07) is 8.97. The molecule has 3 N–H and O–H groups in total. The molecule has 3 amide bonds. The fourth-order valence-corrected chi connectivity index (χ4v) is 2.44. The molecule has 0 aliphatic carbocycles. The molecule has 0 atom stereocenters. The third kappa shape index (κ3) is 3.97. The molecule has 138 valence electrons. The first-order chi connectivity index (χ1) is 12.4. The fourth-order valence-electron chi connectivity index (χ4n) is 2.44. The molecule has 0 fully saturated rings. The summed E-state index contributed by atoms with van der Waals surface area (Å²) in [5, 5.41) is 2.65. The average molecular weight is 359 g/mol. The highest BCUT2D eigenvalue weighted by molar-refractivity contribution is 6.18. The number of amides is 3. The molecule has 0 heterocycles. The van der Waals surface area contributed by atoms with Crippen LogP contribution in [0.3, 0.4) is 0 Å². The topological polar surface area (TPSA) is 103 Å². The van der Waals surface area contributed by atoms with Crippen molar-refractivity contribution in [1.29, 1.82) is 0 Å². The predicted molar refractivity (Wildman–Crippen MR) is 99.1 cm³/mol. The van der Waals surface area contributed by atoms with Crippen molar-refractivity contribution in [3.63, 3.8) is 0 Å². The maximum Gasteiger partial charge on any atom is 0.333 e. The van der Waals surface area contributed by atoms with Crippen molar-refractivity contribution in [3.8, 4) is 17.2 Å². The van der Waals surface area contributed by atoms with Crippen LogP contribution in [0.5, 0.6) is 17.2 Å². The number of ether oxygens (including phenoxy) is 3. The monoisotopic (exact) mass is 359 g/mol. The molecular formula is C18H21N3O5. The molecule has 0 bridgehead atoms. The zero-order valence-corrected chi connectivity index (χ0v) is 15.0. The van der Waals surface area contributed by atoms with E-state index in [1.165, 1.54) is 34.3 Å². The number of hydrogen-bond acceptors (Lipinski definition) is 6. The smallest absolute Gasteiger partial charge is 0.333 e. The van der Waals surface area contributed by atoms with Crippen LogP contribution in [-0.2, 0) is 4.79 Å². The van der Waals surface area contributed by atoms with E-state index in [1.54, 1.807) is 30.3 Å². The van der Waals surface area contributed by atoms with Gasteiger partial charge in [-0.05, 0) is 18.2 Å². The van der Waals surface area contributed by atoms with Crippen LogP contribution in [0.1, 0.15) is 6.92 Å². The molecule has 2 aromatic carbocycles. The summed E-state index contributed by atoms with van der Waals surface area (Å²) in [5.74, 6) is 0.689. The lowest BCUT2D eigenvalue weighted by Crippen LogP contribution is -2.38. The molecule has 0 radical (unpaired) electrons. The molecule has 0 unspecified atom stereocenters. The first-order valence-electron chi connectivity index (χ1n) is 7.68. The van der Waals surface area contributed by atoms with Gasteiger partial charge in [-0.15, -0.1) is 0 Å². The molecule has 2 rings (SSSR count). The second-order valence-electron chi connectivity index (χ2n) is 5.29. The summed E-state index contributed by atoms with van der Waals surface area (Å²) >= 11 is 0. The van der Waals surface area contributed by atoms with Gasteiger partial charge in [-0.1, -0.05) is 6.07 Å². The Morgan fingerprint density at radius 3 is 2.08 bits per heavy atom. The number of hydrogen-bond donors (Lipinski definition) is 2. The minimum atomic E-state index is -0.641. The summed E-state index contributed by atoms with van der Waals surface area (Å²) in [7, 11) is 4.42. The number of nitrogens with zero attached hydrogens (tertiary/aromatic N) is 1. The number of nitrogens with two attached hydrogens (primary N) is 1. The third-order valence-electron chi connectivity index (χ3n) is 3.56. The molecule has 0 saturated heterocycles. The van der Waals surface area contributed by atoms with Crippen molar-refractivity contribution >= 4 is 29.0 Å². The van der Waals surface area contributed by atoms with Gasteiger partial charge in [-0.2, -0.15) is 0 Å². The molecule has 26 heavy (non-hydrogen) atoms. The number of carbonyl (C=O) groups excluding carboxylic acids is 2. The number of nitrogen functional groups attached to an aromatic ring is 1. The summed E-state index contributed by atoms with van der Waals surface area (Å²) in [5.41, 5.74) is 6.92. The lowest BCUT2D eigenvalue weighted by molar-refractivity contribution is -0.115. The predicted octanol–water partition coefficient (Wildman–Crippen LogP) is 2.88. The highest BCUT2D eigenvalue weighted by Gasteiger charge is 2.22. The number of anilines is 3. The van der Waals surface area contributed by atoms with E-state index < -0.39 is 11.9 Å². The first kappa shape index (κ1) is 18.9. The molecule has 0 aliphatic heterocycles. The van der Waals surface area contributed by atoms with E-state index in [0.29, 0.717) is 34.3 Å². The Morgan fingerprint density at radius 1 is 1.00 bits per heavy atom. The van der Waals surface area contributed by atoms with Gasteiger partial charge in [0.2, 0.25) is 11.7 Å². The molecular weight excluding hydrogens is 338 g/mol. The van der Waals surface area contributed by atoms with Gasteiger partial charge in [0.15, 0.2) is 11.5 Å². The number of methoxy groups -OCH3 is 3. The van der Waals surface area contributed by atoms with Gasteiger partial charge in [0.25, 0.3) is 0 Å². The van der Waals surface area contributed by atoms with E-state index >= 15 is 0 Å². The van der Waals surface area contributed by atoms with Crippen LogP contribution in [-0.4, -0.2) is 33.3 Å². The fraction of sp³-hybridized carbons (Fsp3) is 0.222. The minimum Gasteiger partial charge on any atom is -0.493 e. The molecule has 8 nitrogen and oxygen atoms in total. The molecule has 0 aromatic heterocycles. The minimum absolute atomic E-state index is 0.363. The van der Waals surface area contributed by atoms with Crippen LogP contribution in [0.2, 0.25) is 0 Å². The van der Waals surface area contributed by atoms with E-state index in [9.17, 15) is 9.59 Å². The second kappa shape index (κ2) is 8.11. The zero-order chi connectivity index (χ0) is 19.3. The van der Waals surface area contributed by atoms with Crippen molar-refractivity contribution in [1.82, 2.24) is 0 Å². The summed E-state index contributed by atoms with van der Waals surface area (Å²) < 4.78 is 15.8. The van der Waals surface area contributed by atoms with Gasteiger partial charge >= 0.3 is 6.03 Å². The number of nitrogens with one attached hydrogen (secondary N) is 1. The Labute approximate surface area is 151 Å². The van der Waals surface area contributed by atoms with Gasteiger partial charge < -0.3 is 25.3 Å². The van der Waals surface area contributed by atoms with Gasteiger partial charge in [-0.25, -0.2) is 9.69 Å². The Kier molecular flexibility index (Phi) is 5.90. The summed E-state index contributed by atoms with van der Waals surface area (Å²) in [6.45, 7) is 1.29. The maximum absolute atomic E-state index is 12.7. The Morgan fingerprint density at radius 2 is 1.62 bits per heavy atom. The van der Waals surface area contributed by atoms with Crippen molar-refractivity contribution in [2.45, 2.75) is 6.92 Å². The van der Waals surface area contributed by atoms with E-state index in [-0.39, 0.29) is 0 Å². The van der Waals surface area contributed by atoms with Gasteiger partial charge in [0.1, 0.15) is 0 Å². The van der Waals surface area contributed by atoms with Crippen LogP contribution in [0.25, 0.3) is 0 Å². The molecule has 8 heteroatoms. The van der Waals surface area contributed by atoms with Gasteiger partial charge in [0.05, 0.1) is 32.7 Å². The number of rotatable bonds is 5. The van der Waals surface area contributed by atoms with E-state index in [4.69, 9.17) is 19.9 Å². The number of carbonyl (C=O) groups is 2. The van der Waals surface area contributed by atoms with Crippen LogP contribution < -0.4 is 30.2 Å². The van der Waals surface area contributed by atoms with Gasteiger partial charge in [-0.3, -0.25) is 4.79 Å². The molecule has 2 aromatic rings. The molecule has 0 saturated carbocycles. The molecule has 0 aliphatic rings. The lowest BCUT2D eigenvalue weighted by atomic mass is 10.2. The van der Waals surface area contributed by atoms with E-state index in [2.05, 4.69) is 5.32 Å². The highest BCUT2D eigenvalue weighted by atomic mass is 16.5. The Balaban J connectivity index is 2.36.